The van der Waals surface area contributed by atoms with Crippen LogP contribution in [0.15, 0.2) is 12.1 Å². The van der Waals surface area contributed by atoms with Crippen molar-refractivity contribution in [3.8, 4) is 5.75 Å². The van der Waals surface area contributed by atoms with Crippen LogP contribution in [0.4, 0.5) is 0 Å². The lowest BCUT2D eigenvalue weighted by Crippen LogP contribution is -1.91. The molecule has 3 nitrogen and oxygen atoms in total. The van der Waals surface area contributed by atoms with Crippen LogP contribution in [0.25, 0.3) is 10.9 Å². The van der Waals surface area contributed by atoms with Crippen LogP contribution in [-0.4, -0.2) is 16.0 Å². The second-order valence-corrected chi connectivity index (χ2v) is 3.90. The first kappa shape index (κ1) is 10.1. The van der Waals surface area contributed by atoms with Gasteiger partial charge < -0.3 is 9.67 Å². The molecule has 0 atom stereocenters. The van der Waals surface area contributed by atoms with E-state index < -0.39 is 0 Å². The summed E-state index contributed by atoms with van der Waals surface area (Å²) in [6.45, 7) is 1.86. The number of fused-ring (bicyclic) bond motifs is 1. The second-order valence-electron chi connectivity index (χ2n) is 3.50. The van der Waals surface area contributed by atoms with E-state index in [1.165, 1.54) is 0 Å². The molecular formula is C11H10ClNO2. The molecule has 0 unspecified atom stereocenters. The highest BCUT2D eigenvalue weighted by molar-refractivity contribution is 6.33. The van der Waals surface area contributed by atoms with Crippen LogP contribution >= 0.6 is 11.6 Å². The number of nitrogens with zero attached hydrogens (tertiary/aromatic N) is 1. The number of phenols is 1. The molecule has 2 rings (SSSR count). The molecule has 0 aliphatic rings. The van der Waals surface area contributed by atoms with Gasteiger partial charge in [0.05, 0.1) is 10.5 Å². The lowest BCUT2D eigenvalue weighted by molar-refractivity contribution is 0.112. The third kappa shape index (κ3) is 1.31. The molecule has 1 aromatic carbocycles. The van der Waals surface area contributed by atoms with Gasteiger partial charge in [0.15, 0.2) is 6.29 Å². The Morgan fingerprint density at radius 1 is 1.47 bits per heavy atom. The summed E-state index contributed by atoms with van der Waals surface area (Å²) in [7, 11) is 1.85. The highest BCUT2D eigenvalue weighted by Gasteiger charge is 2.13. The Labute approximate surface area is 91.9 Å². The van der Waals surface area contributed by atoms with Gasteiger partial charge >= 0.3 is 0 Å². The van der Waals surface area contributed by atoms with E-state index in [2.05, 4.69) is 0 Å². The average Bonchev–Trinajstić information content (AvgIpc) is 2.42. The molecule has 78 valence electrons. The molecule has 1 heterocycles. The predicted molar refractivity (Wildman–Crippen MR) is 59.7 cm³/mol. The Morgan fingerprint density at radius 2 is 2.13 bits per heavy atom. The predicted octanol–water partition coefficient (Wildman–Crippen LogP) is 2.66. The summed E-state index contributed by atoms with van der Waals surface area (Å²) in [5, 5.41) is 10.5. The first-order valence-electron chi connectivity index (χ1n) is 4.49. The number of phenolic OH excluding ortho intramolecular Hbond substituents is 1. The molecule has 1 aromatic heterocycles. The molecule has 0 saturated heterocycles. The van der Waals surface area contributed by atoms with Crippen LogP contribution in [-0.2, 0) is 7.05 Å². The van der Waals surface area contributed by atoms with E-state index in [4.69, 9.17) is 11.6 Å². The molecule has 0 amide bonds. The van der Waals surface area contributed by atoms with Crippen molar-refractivity contribution >= 4 is 28.8 Å². The van der Waals surface area contributed by atoms with E-state index in [1.807, 2.05) is 18.5 Å². The normalized spacial score (nSPS) is 10.9. The maximum atomic E-state index is 10.9. The van der Waals surface area contributed by atoms with E-state index >= 15 is 0 Å². The molecule has 0 radical (unpaired) electrons. The number of benzene rings is 1. The quantitative estimate of drug-likeness (QED) is 0.756. The first-order valence-corrected chi connectivity index (χ1v) is 4.86. The highest BCUT2D eigenvalue weighted by Crippen LogP contribution is 2.32. The number of aromatic nitrogens is 1. The largest absolute Gasteiger partial charge is 0.506 e. The topological polar surface area (TPSA) is 42.2 Å². The molecular weight excluding hydrogens is 214 g/mol. The summed E-state index contributed by atoms with van der Waals surface area (Å²) in [5.74, 6) is 0.0298. The fourth-order valence-electron chi connectivity index (χ4n) is 1.75. The van der Waals surface area contributed by atoms with Crippen molar-refractivity contribution in [2.45, 2.75) is 6.92 Å². The van der Waals surface area contributed by atoms with Gasteiger partial charge in [-0.2, -0.15) is 0 Å². The molecule has 0 fully saturated rings. The maximum absolute atomic E-state index is 10.9. The van der Waals surface area contributed by atoms with Gasteiger partial charge in [0.2, 0.25) is 0 Å². The van der Waals surface area contributed by atoms with Crippen LogP contribution in [0.2, 0.25) is 5.02 Å². The molecule has 1 N–H and O–H groups in total. The zero-order chi connectivity index (χ0) is 11.2. The lowest BCUT2D eigenvalue weighted by atomic mass is 10.1. The standard InChI is InChI=1S/C11H10ClNO2/c1-6-8(5-14)7-3-9(12)11(15)4-10(7)13(6)2/h3-5,15H,1-2H3. The molecule has 0 aliphatic heterocycles. The molecule has 0 bridgehead atoms. The minimum atomic E-state index is 0.0298. The number of aromatic hydroxyl groups is 1. The van der Waals surface area contributed by atoms with Crippen LogP contribution in [0.3, 0.4) is 0 Å². The van der Waals surface area contributed by atoms with Crippen molar-refractivity contribution in [2.75, 3.05) is 0 Å². The molecule has 15 heavy (non-hydrogen) atoms. The highest BCUT2D eigenvalue weighted by atomic mass is 35.5. The van der Waals surface area contributed by atoms with Gasteiger partial charge in [0.25, 0.3) is 0 Å². The third-order valence-corrected chi connectivity index (χ3v) is 3.03. The van der Waals surface area contributed by atoms with Gasteiger partial charge in [-0.15, -0.1) is 0 Å². The number of hydrogen-bond acceptors (Lipinski definition) is 2. The second kappa shape index (κ2) is 3.28. The first-order chi connectivity index (χ1) is 7.06. The zero-order valence-electron chi connectivity index (χ0n) is 8.41. The van der Waals surface area contributed by atoms with Gasteiger partial charge in [0, 0.05) is 29.8 Å². The van der Waals surface area contributed by atoms with Crippen molar-refractivity contribution in [1.29, 1.82) is 0 Å². The molecule has 0 saturated carbocycles. The average molecular weight is 224 g/mol. The summed E-state index contributed by atoms with van der Waals surface area (Å²) in [4.78, 5) is 10.9. The van der Waals surface area contributed by atoms with Crippen molar-refractivity contribution in [2.24, 2.45) is 7.05 Å². The van der Waals surface area contributed by atoms with Gasteiger partial charge in [0.1, 0.15) is 5.75 Å². The summed E-state index contributed by atoms with van der Waals surface area (Å²) >= 11 is 5.80. The zero-order valence-corrected chi connectivity index (χ0v) is 9.17. The van der Waals surface area contributed by atoms with Crippen molar-refractivity contribution in [3.05, 3.63) is 28.4 Å². The Kier molecular flexibility index (Phi) is 2.20. The Balaban J connectivity index is 2.97. The van der Waals surface area contributed by atoms with E-state index in [0.29, 0.717) is 5.56 Å². The summed E-state index contributed by atoms with van der Waals surface area (Å²) in [6.07, 6.45) is 0.811. The number of hydrogen-bond donors (Lipinski definition) is 1. The fourth-order valence-corrected chi connectivity index (χ4v) is 1.91. The van der Waals surface area contributed by atoms with Crippen LogP contribution in [0, 0.1) is 6.92 Å². The van der Waals surface area contributed by atoms with E-state index in [9.17, 15) is 9.90 Å². The SMILES string of the molecule is Cc1c(C=O)c2cc(Cl)c(O)cc2n1C. The molecule has 0 aliphatic carbocycles. The maximum Gasteiger partial charge on any atom is 0.152 e. The molecule has 4 heteroatoms. The minimum Gasteiger partial charge on any atom is -0.506 e. The number of carbonyl (C=O) groups excluding carboxylic acids is 1. The fraction of sp³-hybridized carbons (Fsp3) is 0.182. The Morgan fingerprint density at radius 3 is 2.73 bits per heavy atom. The summed E-state index contributed by atoms with van der Waals surface area (Å²) < 4.78 is 1.86. The number of aldehydes is 1. The molecule has 2 aromatic rings. The van der Waals surface area contributed by atoms with Crippen LogP contribution < -0.4 is 0 Å². The number of aryl methyl sites for hydroxylation is 1. The Bertz CT molecular complexity index is 557. The van der Waals surface area contributed by atoms with Gasteiger partial charge in [-0.05, 0) is 13.0 Å². The van der Waals surface area contributed by atoms with Crippen LogP contribution in [0.1, 0.15) is 16.1 Å². The summed E-state index contributed by atoms with van der Waals surface area (Å²) in [5.41, 5.74) is 2.28. The minimum absolute atomic E-state index is 0.0298. The van der Waals surface area contributed by atoms with Crippen molar-refractivity contribution < 1.29 is 9.90 Å². The third-order valence-electron chi connectivity index (χ3n) is 2.73. The lowest BCUT2D eigenvalue weighted by Gasteiger charge is -2.00. The number of carbonyl (C=O) groups is 1. The van der Waals surface area contributed by atoms with E-state index in [-0.39, 0.29) is 10.8 Å². The Hall–Kier alpha value is -1.48. The van der Waals surface area contributed by atoms with Crippen molar-refractivity contribution in [1.82, 2.24) is 4.57 Å². The van der Waals surface area contributed by atoms with Crippen LogP contribution in [0.5, 0.6) is 5.75 Å². The van der Waals surface area contributed by atoms with E-state index in [0.717, 1.165) is 22.9 Å². The smallest absolute Gasteiger partial charge is 0.152 e. The van der Waals surface area contributed by atoms with Crippen molar-refractivity contribution in [3.63, 3.8) is 0 Å². The van der Waals surface area contributed by atoms with E-state index in [1.54, 1.807) is 12.1 Å². The molecule has 0 spiro atoms. The van der Waals surface area contributed by atoms with Gasteiger partial charge in [-0.1, -0.05) is 11.6 Å². The van der Waals surface area contributed by atoms with Gasteiger partial charge in [-0.25, -0.2) is 0 Å². The monoisotopic (exact) mass is 223 g/mol. The number of rotatable bonds is 1. The van der Waals surface area contributed by atoms with Gasteiger partial charge in [-0.3, -0.25) is 4.79 Å². The number of halogens is 1. The summed E-state index contributed by atoms with van der Waals surface area (Å²) in [6, 6.07) is 3.18.